The lowest BCUT2D eigenvalue weighted by atomic mass is 10.0. The number of aromatic nitrogens is 2. The summed E-state index contributed by atoms with van der Waals surface area (Å²) in [6, 6.07) is 15.1. The first-order valence-electron chi connectivity index (χ1n) is 15.0. The van der Waals surface area contributed by atoms with Crippen LogP contribution in [0.25, 0.3) is 11.8 Å². The summed E-state index contributed by atoms with van der Waals surface area (Å²) in [5.41, 5.74) is -0.220. The van der Waals surface area contributed by atoms with Gasteiger partial charge < -0.3 is 34.9 Å². The minimum Gasteiger partial charge on any atom is -0.497 e. The number of hydrogen-bond donors (Lipinski definition) is 3. The molecule has 2 aromatic carbocycles. The van der Waals surface area contributed by atoms with E-state index < -0.39 is 41.1 Å². The van der Waals surface area contributed by atoms with E-state index in [4.69, 9.17) is 18.9 Å². The Labute approximate surface area is 274 Å². The van der Waals surface area contributed by atoms with Gasteiger partial charge in [-0.15, -0.1) is 0 Å². The Balaban J connectivity index is 1.79. The van der Waals surface area contributed by atoms with Crippen molar-refractivity contribution in [1.82, 2.24) is 20.4 Å². The molecule has 13 heteroatoms. The van der Waals surface area contributed by atoms with Gasteiger partial charge in [-0.05, 0) is 64.8 Å². The third-order valence-corrected chi connectivity index (χ3v) is 6.43. The molecule has 3 N–H and O–H groups in total. The van der Waals surface area contributed by atoms with Gasteiger partial charge >= 0.3 is 12.1 Å². The minimum atomic E-state index is -1.43. The predicted octanol–water partition coefficient (Wildman–Crippen LogP) is 4.40. The highest BCUT2D eigenvalue weighted by molar-refractivity contribution is 6.20. The first-order valence-corrected chi connectivity index (χ1v) is 15.0. The topological polar surface area (TPSA) is 159 Å². The van der Waals surface area contributed by atoms with Crippen LogP contribution in [-0.2, 0) is 35.2 Å². The van der Waals surface area contributed by atoms with Crippen LogP contribution in [0.2, 0.25) is 0 Å². The number of alkyl carbamates (subject to hydrolysis) is 1. The number of amides is 3. The Morgan fingerprint density at radius 1 is 0.979 bits per heavy atom. The molecule has 0 radical (unpaired) electrons. The van der Waals surface area contributed by atoms with Gasteiger partial charge in [0.05, 0.1) is 50.6 Å². The zero-order chi connectivity index (χ0) is 34.6. The van der Waals surface area contributed by atoms with Crippen molar-refractivity contribution < 1.29 is 38.1 Å². The van der Waals surface area contributed by atoms with E-state index in [1.165, 1.54) is 37.1 Å². The normalized spacial score (nSPS) is 12.4. The molecular formula is C34H43N5O8. The average molecular weight is 650 g/mol. The Kier molecular flexibility index (Phi) is 12.7. The summed E-state index contributed by atoms with van der Waals surface area (Å²) in [5, 5.41) is 12.2. The zero-order valence-corrected chi connectivity index (χ0v) is 27.8. The summed E-state index contributed by atoms with van der Waals surface area (Å²) in [6.45, 7) is 10.0. The minimum absolute atomic E-state index is 0.173. The third kappa shape index (κ3) is 11.6. The molecule has 0 aliphatic heterocycles. The lowest BCUT2D eigenvalue weighted by Gasteiger charge is -2.29. The molecule has 0 aliphatic rings. The second-order valence-corrected chi connectivity index (χ2v) is 12.0. The van der Waals surface area contributed by atoms with Gasteiger partial charge in [0, 0.05) is 6.20 Å². The maximum atomic E-state index is 13.5. The number of nitrogens with zero attached hydrogens (tertiary/aromatic N) is 2. The van der Waals surface area contributed by atoms with Gasteiger partial charge in [-0.1, -0.05) is 42.5 Å². The lowest BCUT2D eigenvalue weighted by Crippen LogP contribution is -2.59. The molecule has 3 aromatic rings. The van der Waals surface area contributed by atoms with Crippen molar-refractivity contribution in [2.75, 3.05) is 25.6 Å². The first-order chi connectivity index (χ1) is 22.2. The van der Waals surface area contributed by atoms with E-state index >= 15 is 0 Å². The third-order valence-electron chi connectivity index (χ3n) is 6.43. The quantitative estimate of drug-likeness (QED) is 0.170. The second-order valence-electron chi connectivity index (χ2n) is 12.0. The van der Waals surface area contributed by atoms with E-state index in [1.807, 2.05) is 30.3 Å². The number of benzene rings is 2. The highest BCUT2D eigenvalue weighted by atomic mass is 16.6. The van der Waals surface area contributed by atoms with Crippen LogP contribution in [0.4, 0.5) is 10.5 Å². The van der Waals surface area contributed by atoms with Gasteiger partial charge in [0.1, 0.15) is 22.9 Å². The van der Waals surface area contributed by atoms with Crippen molar-refractivity contribution in [2.24, 2.45) is 0 Å². The molecule has 0 saturated heterocycles. The molecule has 1 aromatic heterocycles. The molecule has 0 unspecified atom stereocenters. The molecule has 0 fully saturated rings. The Bertz CT molecular complexity index is 1540. The van der Waals surface area contributed by atoms with Crippen LogP contribution in [0.5, 0.6) is 5.75 Å². The highest BCUT2D eigenvalue weighted by Crippen LogP contribution is 2.21. The fraction of sp³-hybridized carbons (Fsp3) is 0.382. The van der Waals surface area contributed by atoms with Crippen LogP contribution >= 0.6 is 0 Å². The van der Waals surface area contributed by atoms with Gasteiger partial charge in [0.15, 0.2) is 0 Å². The van der Waals surface area contributed by atoms with Gasteiger partial charge in [-0.3, -0.25) is 9.59 Å². The molecule has 0 spiro atoms. The smallest absolute Gasteiger partial charge is 0.408 e. The summed E-state index contributed by atoms with van der Waals surface area (Å²) < 4.78 is 22.9. The molecule has 3 rings (SSSR count). The van der Waals surface area contributed by atoms with E-state index in [9.17, 15) is 19.2 Å². The van der Waals surface area contributed by atoms with Crippen molar-refractivity contribution in [1.29, 1.82) is 0 Å². The molecule has 47 heavy (non-hydrogen) atoms. The largest absolute Gasteiger partial charge is 0.497 e. The monoisotopic (exact) mass is 649 g/mol. The average Bonchev–Trinajstić information content (AvgIpc) is 3.45. The SMILES string of the molecule is CCOC(=O)C(=Cn1cc(NC(=O)[C@@H](COCc2ccccc2)NC(=O)C(C)(C)NC(=O)OC(C)(C)C)cn1)c1ccc(OC)cc1. The number of esters is 1. The molecule has 0 bridgehead atoms. The Hall–Kier alpha value is -5.17. The van der Waals surface area contributed by atoms with Crippen molar-refractivity contribution in [3.8, 4) is 5.75 Å². The summed E-state index contributed by atoms with van der Waals surface area (Å²) in [5.74, 6) is -1.16. The van der Waals surface area contributed by atoms with Crippen molar-refractivity contribution in [3.63, 3.8) is 0 Å². The number of rotatable bonds is 14. The summed E-state index contributed by atoms with van der Waals surface area (Å²) >= 11 is 0. The van der Waals surface area contributed by atoms with E-state index in [-0.39, 0.29) is 31.1 Å². The maximum Gasteiger partial charge on any atom is 0.408 e. The number of nitrogens with one attached hydrogen (secondary N) is 3. The van der Waals surface area contributed by atoms with E-state index in [1.54, 1.807) is 59.1 Å². The molecule has 13 nitrogen and oxygen atoms in total. The van der Waals surface area contributed by atoms with Crippen LogP contribution in [0.3, 0.4) is 0 Å². The van der Waals surface area contributed by atoms with E-state index in [0.717, 1.165) is 5.56 Å². The molecule has 1 heterocycles. The van der Waals surface area contributed by atoms with Crippen molar-refractivity contribution >= 4 is 41.3 Å². The Morgan fingerprint density at radius 3 is 2.28 bits per heavy atom. The molecule has 3 amide bonds. The highest BCUT2D eigenvalue weighted by Gasteiger charge is 2.34. The van der Waals surface area contributed by atoms with Crippen LogP contribution in [0.1, 0.15) is 52.7 Å². The van der Waals surface area contributed by atoms with Gasteiger partial charge in [-0.2, -0.15) is 5.10 Å². The molecule has 252 valence electrons. The number of anilines is 1. The van der Waals surface area contributed by atoms with Crippen molar-refractivity contribution in [2.45, 2.75) is 65.3 Å². The van der Waals surface area contributed by atoms with E-state index in [2.05, 4.69) is 21.0 Å². The van der Waals surface area contributed by atoms with Gasteiger partial charge in [0.2, 0.25) is 11.8 Å². The summed E-state index contributed by atoms with van der Waals surface area (Å²) in [6.07, 6.45) is 3.58. The standard InChI is InChI=1S/C34H43N5O8/c1-8-46-30(41)27(24-14-16-26(44-7)17-15-24)20-39-19-25(18-35-39)36-29(40)28(22-45-21-23-12-10-9-11-13-23)37-31(42)34(5,6)38-32(43)47-33(2,3)4/h9-20,28H,8,21-22H2,1-7H3,(H,36,40)(H,37,42)(H,38,43)/t28-/m1/s1. The number of ether oxygens (including phenoxy) is 4. The fourth-order valence-electron chi connectivity index (χ4n) is 4.07. The number of carbonyl (C=O) groups excluding carboxylic acids is 4. The first kappa shape index (κ1) is 36.3. The maximum absolute atomic E-state index is 13.5. The number of methoxy groups -OCH3 is 1. The van der Waals surface area contributed by atoms with E-state index in [0.29, 0.717) is 11.3 Å². The fourth-order valence-corrected chi connectivity index (χ4v) is 4.07. The van der Waals surface area contributed by atoms with Crippen LogP contribution in [0.15, 0.2) is 67.0 Å². The van der Waals surface area contributed by atoms with Gasteiger partial charge in [-0.25, -0.2) is 14.3 Å². The molecule has 0 saturated carbocycles. The molecule has 1 atom stereocenters. The molecule has 0 aliphatic carbocycles. The van der Waals surface area contributed by atoms with Gasteiger partial charge in [0.25, 0.3) is 0 Å². The second kappa shape index (κ2) is 16.4. The summed E-state index contributed by atoms with van der Waals surface area (Å²) in [4.78, 5) is 51.9. The number of hydrogen-bond acceptors (Lipinski definition) is 9. The zero-order valence-electron chi connectivity index (χ0n) is 27.8. The van der Waals surface area contributed by atoms with Crippen molar-refractivity contribution in [3.05, 3.63) is 78.1 Å². The lowest BCUT2D eigenvalue weighted by molar-refractivity contribution is -0.136. The molecular weight excluding hydrogens is 606 g/mol. The Morgan fingerprint density at radius 2 is 1.66 bits per heavy atom. The van der Waals surface area contributed by atoms with Crippen LogP contribution in [0, 0.1) is 0 Å². The number of carbonyl (C=O) groups is 4. The van der Waals surface area contributed by atoms with Crippen LogP contribution in [-0.4, -0.2) is 71.2 Å². The summed E-state index contributed by atoms with van der Waals surface area (Å²) in [7, 11) is 1.55. The van der Waals surface area contributed by atoms with Crippen LogP contribution < -0.4 is 20.7 Å². The predicted molar refractivity (Wildman–Crippen MR) is 176 cm³/mol.